The minimum atomic E-state index is -2.93. The van der Waals surface area contributed by atoms with Crippen LogP contribution in [0, 0.1) is 5.92 Å². The lowest BCUT2D eigenvalue weighted by atomic mass is 10.0. The van der Waals surface area contributed by atoms with Gasteiger partial charge in [0.1, 0.15) is 5.75 Å². The molecule has 130 valence electrons. The van der Waals surface area contributed by atoms with Crippen molar-refractivity contribution in [2.75, 3.05) is 18.1 Å². The minimum Gasteiger partial charge on any atom is -0.508 e. The summed E-state index contributed by atoms with van der Waals surface area (Å²) < 4.78 is 23.8. The summed E-state index contributed by atoms with van der Waals surface area (Å²) in [6, 6.07) is 11.7. The number of phenols is 1. The second kappa shape index (κ2) is 6.73. The molecule has 3 rings (SSSR count). The van der Waals surface area contributed by atoms with Crippen molar-refractivity contribution < 1.29 is 13.5 Å². The average Bonchev–Trinajstić information content (AvgIpc) is 2.89. The maximum atomic E-state index is 11.9. The molecule has 1 saturated heterocycles. The molecule has 1 aliphatic rings. The summed E-state index contributed by atoms with van der Waals surface area (Å²) in [5, 5.41) is 12.5. The zero-order valence-electron chi connectivity index (χ0n) is 14.3. The molecule has 1 heterocycles. The highest BCUT2D eigenvalue weighted by Crippen LogP contribution is 2.30. The monoisotopic (exact) mass is 347 g/mol. The fourth-order valence-electron chi connectivity index (χ4n) is 3.57. The number of phenolic OH excluding ortho intramolecular Hbond substituents is 1. The van der Waals surface area contributed by atoms with Crippen LogP contribution in [0.1, 0.15) is 25.8 Å². The molecule has 0 radical (unpaired) electrons. The van der Waals surface area contributed by atoms with Crippen LogP contribution >= 0.6 is 0 Å². The summed E-state index contributed by atoms with van der Waals surface area (Å²) in [4.78, 5) is 2.23. The van der Waals surface area contributed by atoms with E-state index >= 15 is 0 Å². The molecule has 0 spiro atoms. The first-order chi connectivity index (χ1) is 11.4. The Bertz CT molecular complexity index is 830. The molecule has 0 aliphatic carbocycles. The Labute approximate surface area is 144 Å². The van der Waals surface area contributed by atoms with E-state index < -0.39 is 9.84 Å². The van der Waals surface area contributed by atoms with Crippen LogP contribution in [0.3, 0.4) is 0 Å². The van der Waals surface area contributed by atoms with Gasteiger partial charge in [-0.3, -0.25) is 4.90 Å². The van der Waals surface area contributed by atoms with Gasteiger partial charge in [-0.1, -0.05) is 44.2 Å². The summed E-state index contributed by atoms with van der Waals surface area (Å²) in [5.41, 5.74) is 0.887. The molecule has 2 aromatic rings. The van der Waals surface area contributed by atoms with Crippen LogP contribution in [0.4, 0.5) is 0 Å². The molecule has 5 heteroatoms. The van der Waals surface area contributed by atoms with Crippen molar-refractivity contribution in [1.82, 2.24) is 4.90 Å². The third-order valence-electron chi connectivity index (χ3n) is 4.70. The molecular weight excluding hydrogens is 322 g/mol. The smallest absolute Gasteiger partial charge is 0.151 e. The first-order valence-corrected chi connectivity index (χ1v) is 10.3. The third kappa shape index (κ3) is 3.73. The molecule has 0 bridgehead atoms. The lowest BCUT2D eigenvalue weighted by Gasteiger charge is -2.30. The maximum absolute atomic E-state index is 11.9. The van der Waals surface area contributed by atoms with Gasteiger partial charge in [0.15, 0.2) is 9.84 Å². The van der Waals surface area contributed by atoms with Crippen LogP contribution in [0.5, 0.6) is 5.75 Å². The molecular formula is C19H25NO3S. The van der Waals surface area contributed by atoms with Crippen LogP contribution in [0.15, 0.2) is 36.4 Å². The van der Waals surface area contributed by atoms with Crippen LogP contribution in [-0.4, -0.2) is 42.5 Å². The molecule has 1 atom stereocenters. The first-order valence-electron chi connectivity index (χ1n) is 8.50. The molecule has 1 fully saturated rings. The topological polar surface area (TPSA) is 57.6 Å². The number of hydrogen-bond donors (Lipinski definition) is 1. The summed E-state index contributed by atoms with van der Waals surface area (Å²) in [5.74, 6) is 1.22. The zero-order valence-corrected chi connectivity index (χ0v) is 15.1. The van der Waals surface area contributed by atoms with E-state index in [1.54, 1.807) is 6.07 Å². The molecule has 2 aromatic carbocycles. The van der Waals surface area contributed by atoms with Gasteiger partial charge < -0.3 is 5.11 Å². The highest BCUT2D eigenvalue weighted by molar-refractivity contribution is 7.91. The van der Waals surface area contributed by atoms with E-state index in [9.17, 15) is 13.5 Å². The molecule has 4 nitrogen and oxygen atoms in total. The van der Waals surface area contributed by atoms with E-state index in [0.29, 0.717) is 18.9 Å². The largest absolute Gasteiger partial charge is 0.508 e. The van der Waals surface area contributed by atoms with Gasteiger partial charge in [-0.2, -0.15) is 0 Å². The summed E-state index contributed by atoms with van der Waals surface area (Å²) in [6.07, 6.45) is 0.681. The highest BCUT2D eigenvalue weighted by atomic mass is 32.2. The van der Waals surface area contributed by atoms with Crippen LogP contribution in [-0.2, 0) is 16.4 Å². The summed E-state index contributed by atoms with van der Waals surface area (Å²) in [6.45, 7) is 5.67. The maximum Gasteiger partial charge on any atom is 0.151 e. The normalized spacial score (nSPS) is 20.2. The van der Waals surface area contributed by atoms with E-state index in [2.05, 4.69) is 18.7 Å². The van der Waals surface area contributed by atoms with Crippen molar-refractivity contribution in [2.45, 2.75) is 32.9 Å². The number of sulfone groups is 1. The van der Waals surface area contributed by atoms with Crippen LogP contribution in [0.2, 0.25) is 0 Å². The Morgan fingerprint density at radius 1 is 1.21 bits per heavy atom. The highest BCUT2D eigenvalue weighted by Gasteiger charge is 2.33. The van der Waals surface area contributed by atoms with Crippen molar-refractivity contribution in [3.05, 3.63) is 42.0 Å². The molecule has 0 amide bonds. The van der Waals surface area contributed by atoms with Gasteiger partial charge in [0.25, 0.3) is 0 Å². The second-order valence-electron chi connectivity index (χ2n) is 7.16. The second-order valence-corrected chi connectivity index (χ2v) is 9.39. The van der Waals surface area contributed by atoms with E-state index in [1.165, 1.54) is 0 Å². The van der Waals surface area contributed by atoms with Crippen molar-refractivity contribution in [1.29, 1.82) is 0 Å². The average molecular weight is 347 g/mol. The fourth-order valence-corrected chi connectivity index (χ4v) is 5.33. The zero-order chi connectivity index (χ0) is 17.3. The predicted octanol–water partition coefficient (Wildman–Crippen LogP) is 3.19. The van der Waals surface area contributed by atoms with Gasteiger partial charge in [-0.05, 0) is 29.2 Å². The van der Waals surface area contributed by atoms with Gasteiger partial charge >= 0.3 is 0 Å². The van der Waals surface area contributed by atoms with E-state index in [4.69, 9.17) is 0 Å². The Hall–Kier alpha value is -1.59. The van der Waals surface area contributed by atoms with Gasteiger partial charge in [-0.15, -0.1) is 0 Å². The Morgan fingerprint density at radius 3 is 2.62 bits per heavy atom. The Kier molecular flexibility index (Phi) is 4.83. The molecule has 1 aliphatic heterocycles. The molecule has 1 unspecified atom stereocenters. The van der Waals surface area contributed by atoms with E-state index in [0.717, 1.165) is 22.9 Å². The van der Waals surface area contributed by atoms with Crippen LogP contribution in [0.25, 0.3) is 10.8 Å². The number of fused-ring (bicyclic) bond motifs is 1. The Balaban J connectivity index is 1.94. The predicted molar refractivity (Wildman–Crippen MR) is 97.9 cm³/mol. The van der Waals surface area contributed by atoms with Crippen molar-refractivity contribution in [3.63, 3.8) is 0 Å². The standard InChI is InChI=1S/C19H25NO3S/c1-14(2)11-20(16-9-10-24(22,23)13-16)12-18-17-6-4-3-5-15(17)7-8-19(18)21/h3-8,14,16,21H,9-13H2,1-2H3. The lowest BCUT2D eigenvalue weighted by molar-refractivity contribution is 0.180. The lowest BCUT2D eigenvalue weighted by Crippen LogP contribution is -2.38. The fraction of sp³-hybridized carbons (Fsp3) is 0.474. The number of hydrogen-bond acceptors (Lipinski definition) is 4. The molecule has 0 aromatic heterocycles. The number of rotatable bonds is 5. The van der Waals surface area contributed by atoms with Crippen molar-refractivity contribution >= 4 is 20.6 Å². The number of aromatic hydroxyl groups is 1. The molecule has 0 saturated carbocycles. The van der Waals surface area contributed by atoms with Gasteiger partial charge in [0.05, 0.1) is 11.5 Å². The van der Waals surface area contributed by atoms with Crippen LogP contribution < -0.4 is 0 Å². The van der Waals surface area contributed by atoms with E-state index in [1.807, 2.05) is 30.3 Å². The third-order valence-corrected chi connectivity index (χ3v) is 6.45. The quantitative estimate of drug-likeness (QED) is 0.902. The van der Waals surface area contributed by atoms with E-state index in [-0.39, 0.29) is 23.3 Å². The summed E-state index contributed by atoms with van der Waals surface area (Å²) in [7, 11) is -2.93. The number of nitrogens with zero attached hydrogens (tertiary/aromatic N) is 1. The Morgan fingerprint density at radius 2 is 1.96 bits per heavy atom. The minimum absolute atomic E-state index is 0.0377. The molecule has 24 heavy (non-hydrogen) atoms. The SMILES string of the molecule is CC(C)CN(Cc1c(O)ccc2ccccc12)C1CCS(=O)(=O)C1. The van der Waals surface area contributed by atoms with Gasteiger partial charge in [0, 0.05) is 24.7 Å². The molecule has 1 N–H and O–H groups in total. The summed E-state index contributed by atoms with van der Waals surface area (Å²) >= 11 is 0. The van der Waals surface area contributed by atoms with Gasteiger partial charge in [0.2, 0.25) is 0 Å². The van der Waals surface area contributed by atoms with Crippen molar-refractivity contribution in [3.8, 4) is 5.75 Å². The number of benzene rings is 2. The van der Waals surface area contributed by atoms with Gasteiger partial charge in [-0.25, -0.2) is 8.42 Å². The van der Waals surface area contributed by atoms with Crippen molar-refractivity contribution in [2.24, 2.45) is 5.92 Å². The first kappa shape index (κ1) is 17.2.